The van der Waals surface area contributed by atoms with Crippen LogP contribution in [-0.4, -0.2) is 68.7 Å². The smallest absolute Gasteiger partial charge is 0.191 e. The Balaban J connectivity index is 1.34. The molecule has 3 rings (SSSR count). The monoisotopic (exact) mass is 403 g/mol. The largest absolute Gasteiger partial charge is 0.370 e. The summed E-state index contributed by atoms with van der Waals surface area (Å²) in [6, 6.07) is 8.97. The second-order valence-corrected chi connectivity index (χ2v) is 8.95. The van der Waals surface area contributed by atoms with E-state index in [9.17, 15) is 0 Å². The van der Waals surface area contributed by atoms with Gasteiger partial charge in [0, 0.05) is 50.4 Å². The van der Waals surface area contributed by atoms with Crippen molar-refractivity contribution in [3.05, 3.63) is 29.8 Å². The predicted molar refractivity (Wildman–Crippen MR) is 124 cm³/mol. The summed E-state index contributed by atoms with van der Waals surface area (Å²) in [4.78, 5) is 9.47. The lowest BCUT2D eigenvalue weighted by molar-refractivity contribution is 0.282. The summed E-state index contributed by atoms with van der Waals surface area (Å²) in [5.41, 5.74) is 2.64. The van der Waals surface area contributed by atoms with Gasteiger partial charge in [-0.25, -0.2) is 0 Å². The Morgan fingerprint density at radius 2 is 1.68 bits per heavy atom. The van der Waals surface area contributed by atoms with Crippen molar-refractivity contribution in [3.63, 3.8) is 0 Å². The molecule has 1 aromatic carbocycles. The Bertz CT molecular complexity index is 575. The fourth-order valence-corrected chi connectivity index (χ4v) is 4.82. The fraction of sp³-hybridized carbons (Fsp3) is 0.682. The molecule has 0 aromatic heterocycles. The van der Waals surface area contributed by atoms with E-state index in [1.165, 1.54) is 74.5 Å². The van der Waals surface area contributed by atoms with Gasteiger partial charge in [-0.15, -0.1) is 0 Å². The number of thioether (sulfide) groups is 1. The van der Waals surface area contributed by atoms with Gasteiger partial charge in [0.05, 0.1) is 0 Å². The highest BCUT2D eigenvalue weighted by Crippen LogP contribution is 2.19. The van der Waals surface area contributed by atoms with Gasteiger partial charge in [-0.05, 0) is 56.6 Å². The van der Waals surface area contributed by atoms with Crippen LogP contribution in [0.2, 0.25) is 0 Å². The van der Waals surface area contributed by atoms with Gasteiger partial charge in [0.1, 0.15) is 0 Å². The van der Waals surface area contributed by atoms with Crippen molar-refractivity contribution < 1.29 is 0 Å². The molecule has 2 fully saturated rings. The molecule has 156 valence electrons. The maximum Gasteiger partial charge on any atom is 0.191 e. The van der Waals surface area contributed by atoms with Gasteiger partial charge in [0.2, 0.25) is 0 Å². The summed E-state index contributed by atoms with van der Waals surface area (Å²) in [7, 11) is 1.85. The second kappa shape index (κ2) is 12.2. The van der Waals surface area contributed by atoms with Crippen molar-refractivity contribution in [2.24, 2.45) is 4.99 Å². The first-order chi connectivity index (χ1) is 13.8. The molecule has 2 heterocycles. The Labute approximate surface area is 175 Å². The molecule has 2 aliphatic rings. The maximum atomic E-state index is 4.36. The van der Waals surface area contributed by atoms with Gasteiger partial charge in [0.15, 0.2) is 5.96 Å². The number of rotatable bonds is 7. The van der Waals surface area contributed by atoms with Crippen LogP contribution in [0.5, 0.6) is 0 Å². The quantitative estimate of drug-likeness (QED) is 0.416. The molecule has 5 nitrogen and oxygen atoms in total. The van der Waals surface area contributed by atoms with E-state index in [1.54, 1.807) is 0 Å². The molecule has 0 amide bonds. The zero-order chi connectivity index (χ0) is 19.4. The molecule has 2 N–H and O–H groups in total. The average molecular weight is 404 g/mol. The molecule has 1 aromatic rings. The summed E-state index contributed by atoms with van der Waals surface area (Å²) >= 11 is 2.05. The van der Waals surface area contributed by atoms with Gasteiger partial charge in [-0.2, -0.15) is 11.8 Å². The third-order valence-electron chi connectivity index (χ3n) is 5.64. The van der Waals surface area contributed by atoms with Crippen LogP contribution in [0.25, 0.3) is 0 Å². The van der Waals surface area contributed by atoms with E-state index in [0.29, 0.717) is 0 Å². The van der Waals surface area contributed by atoms with Crippen LogP contribution in [0.1, 0.15) is 37.7 Å². The first kappa shape index (κ1) is 21.3. The molecule has 0 bridgehead atoms. The van der Waals surface area contributed by atoms with Crippen LogP contribution in [0, 0.1) is 0 Å². The molecule has 2 aliphatic heterocycles. The van der Waals surface area contributed by atoms with Gasteiger partial charge in [0.25, 0.3) is 0 Å². The van der Waals surface area contributed by atoms with E-state index in [1.807, 2.05) is 7.05 Å². The zero-order valence-electron chi connectivity index (χ0n) is 17.5. The molecule has 0 spiro atoms. The molecule has 0 aliphatic carbocycles. The molecular weight excluding hydrogens is 366 g/mol. The number of hydrogen-bond donors (Lipinski definition) is 2. The summed E-state index contributed by atoms with van der Waals surface area (Å²) < 4.78 is 0. The first-order valence-corrected chi connectivity index (χ1v) is 12.1. The highest BCUT2D eigenvalue weighted by Gasteiger charge is 2.11. The van der Waals surface area contributed by atoms with Gasteiger partial charge in [-0.3, -0.25) is 4.99 Å². The van der Waals surface area contributed by atoms with Crippen LogP contribution < -0.4 is 15.5 Å². The van der Waals surface area contributed by atoms with E-state index in [-0.39, 0.29) is 0 Å². The lowest BCUT2D eigenvalue weighted by atomic mass is 10.2. The van der Waals surface area contributed by atoms with Gasteiger partial charge >= 0.3 is 0 Å². The third-order valence-corrected chi connectivity index (χ3v) is 6.58. The number of nitrogens with one attached hydrogen (secondary N) is 2. The van der Waals surface area contributed by atoms with Crippen molar-refractivity contribution in [1.29, 1.82) is 0 Å². The lowest BCUT2D eigenvalue weighted by Gasteiger charge is -2.28. The summed E-state index contributed by atoms with van der Waals surface area (Å²) in [6.07, 6.45) is 6.72. The van der Waals surface area contributed by atoms with Crippen molar-refractivity contribution >= 4 is 23.4 Å². The molecule has 0 saturated carbocycles. The van der Waals surface area contributed by atoms with Crippen LogP contribution in [-0.2, 0) is 6.54 Å². The lowest BCUT2D eigenvalue weighted by Crippen LogP contribution is -2.38. The Morgan fingerprint density at radius 3 is 2.36 bits per heavy atom. The number of hydrogen-bond acceptors (Lipinski definition) is 4. The molecule has 0 unspecified atom stereocenters. The topological polar surface area (TPSA) is 42.9 Å². The van der Waals surface area contributed by atoms with Gasteiger partial charge in [-0.1, -0.05) is 25.0 Å². The average Bonchev–Trinajstić information content (AvgIpc) is 3.03. The van der Waals surface area contributed by atoms with Crippen molar-refractivity contribution in [3.8, 4) is 0 Å². The normalized spacial score (nSPS) is 19.3. The minimum absolute atomic E-state index is 0.807. The van der Waals surface area contributed by atoms with Crippen molar-refractivity contribution in [2.45, 2.75) is 38.6 Å². The summed E-state index contributed by atoms with van der Waals surface area (Å²) in [5, 5.41) is 6.90. The van der Waals surface area contributed by atoms with Crippen LogP contribution in [0.15, 0.2) is 29.3 Å². The standard InChI is InChI=1S/C22H37N5S/c1-23-22(24-11-6-14-26-12-4-2-3-5-13-26)25-19-20-7-9-21(10-8-20)27-15-17-28-18-16-27/h7-10H,2-6,11-19H2,1H3,(H2,23,24,25). The van der Waals surface area contributed by atoms with Crippen LogP contribution in [0.4, 0.5) is 5.69 Å². The minimum Gasteiger partial charge on any atom is -0.370 e. The molecular formula is C22H37N5S. The van der Waals surface area contributed by atoms with Gasteiger partial charge < -0.3 is 20.4 Å². The fourth-order valence-electron chi connectivity index (χ4n) is 3.92. The molecule has 28 heavy (non-hydrogen) atoms. The van der Waals surface area contributed by atoms with Crippen molar-refractivity contribution in [2.75, 3.05) is 62.7 Å². The Hall–Kier alpha value is -1.40. The molecule has 2 saturated heterocycles. The van der Waals surface area contributed by atoms with E-state index in [0.717, 1.165) is 32.1 Å². The number of nitrogens with zero attached hydrogens (tertiary/aromatic N) is 3. The number of guanidine groups is 1. The highest BCUT2D eigenvalue weighted by molar-refractivity contribution is 7.99. The maximum absolute atomic E-state index is 4.36. The Morgan fingerprint density at radius 1 is 0.964 bits per heavy atom. The number of aliphatic imine (C=N–C) groups is 1. The number of anilines is 1. The summed E-state index contributed by atoms with van der Waals surface area (Å²) in [5.74, 6) is 3.37. The second-order valence-electron chi connectivity index (χ2n) is 7.73. The van der Waals surface area contributed by atoms with Crippen LogP contribution in [0.3, 0.4) is 0 Å². The minimum atomic E-state index is 0.807. The SMILES string of the molecule is CN=C(NCCCN1CCCCCC1)NCc1ccc(N2CCSCC2)cc1. The zero-order valence-corrected chi connectivity index (χ0v) is 18.3. The molecule has 0 radical (unpaired) electrons. The van der Waals surface area contributed by atoms with E-state index >= 15 is 0 Å². The molecule has 0 atom stereocenters. The highest BCUT2D eigenvalue weighted by atomic mass is 32.2. The molecule has 6 heteroatoms. The third kappa shape index (κ3) is 7.21. The van der Waals surface area contributed by atoms with Crippen molar-refractivity contribution in [1.82, 2.24) is 15.5 Å². The van der Waals surface area contributed by atoms with E-state index < -0.39 is 0 Å². The first-order valence-electron chi connectivity index (χ1n) is 10.9. The summed E-state index contributed by atoms with van der Waals surface area (Å²) in [6.45, 7) is 7.86. The van der Waals surface area contributed by atoms with Crippen LogP contribution >= 0.6 is 11.8 Å². The number of benzene rings is 1. The van der Waals surface area contributed by atoms with E-state index in [4.69, 9.17) is 0 Å². The number of likely N-dealkylation sites (tertiary alicyclic amines) is 1. The predicted octanol–water partition coefficient (Wildman–Crippen LogP) is 3.17. The van der Waals surface area contributed by atoms with E-state index in [2.05, 4.69) is 61.5 Å². The Kier molecular flexibility index (Phi) is 9.30.